The molecule has 0 aliphatic carbocycles. The van der Waals surface area contributed by atoms with E-state index in [0.29, 0.717) is 5.69 Å². The molecule has 0 N–H and O–H groups in total. The zero-order chi connectivity index (χ0) is 12.1. The summed E-state index contributed by atoms with van der Waals surface area (Å²) in [5.41, 5.74) is 2.32. The maximum absolute atomic E-state index is 12.3. The first-order chi connectivity index (χ1) is 8.35. The van der Waals surface area contributed by atoms with Crippen LogP contribution in [0.15, 0.2) is 30.7 Å². The minimum atomic E-state index is -0.477. The number of hydrogen-bond donors (Lipinski definition) is 0. The van der Waals surface area contributed by atoms with Crippen molar-refractivity contribution >= 4 is 6.29 Å². The second-order valence-electron chi connectivity index (χ2n) is 3.57. The van der Waals surface area contributed by atoms with E-state index in [1.54, 1.807) is 24.7 Å². The summed E-state index contributed by atoms with van der Waals surface area (Å²) in [4.78, 5) is 14.6. The number of alkyl halides is 1. The standard InChI is InChI=1S/C12H12FN3O/c13-4-6-16-9-11(3-7-17)12(15-16)10-2-1-5-14-8-10/h1-2,5,7-9H,3-4,6H2. The molecule has 0 unspecified atom stereocenters. The number of carbonyl (C=O) groups excluding carboxylic acids is 1. The van der Waals surface area contributed by atoms with Crippen LogP contribution < -0.4 is 0 Å². The SMILES string of the molecule is O=CCc1cn(CCF)nc1-c1cccnc1. The maximum atomic E-state index is 12.3. The Labute approximate surface area is 98.1 Å². The van der Waals surface area contributed by atoms with E-state index >= 15 is 0 Å². The van der Waals surface area contributed by atoms with Crippen molar-refractivity contribution in [2.75, 3.05) is 6.67 Å². The molecule has 4 nitrogen and oxygen atoms in total. The Kier molecular flexibility index (Phi) is 3.59. The van der Waals surface area contributed by atoms with Crippen molar-refractivity contribution in [1.82, 2.24) is 14.8 Å². The van der Waals surface area contributed by atoms with E-state index in [9.17, 15) is 9.18 Å². The van der Waals surface area contributed by atoms with E-state index in [-0.39, 0.29) is 13.0 Å². The molecule has 2 rings (SSSR count). The molecule has 5 heteroatoms. The number of aldehydes is 1. The van der Waals surface area contributed by atoms with Crippen molar-refractivity contribution in [3.8, 4) is 11.3 Å². The molecule has 0 radical (unpaired) electrons. The average Bonchev–Trinajstić information content (AvgIpc) is 2.74. The van der Waals surface area contributed by atoms with Crippen LogP contribution in [0.25, 0.3) is 11.3 Å². The van der Waals surface area contributed by atoms with Crippen molar-refractivity contribution in [3.63, 3.8) is 0 Å². The van der Waals surface area contributed by atoms with Gasteiger partial charge >= 0.3 is 0 Å². The summed E-state index contributed by atoms with van der Waals surface area (Å²) < 4.78 is 13.8. The molecule has 0 saturated heterocycles. The highest BCUT2D eigenvalue weighted by molar-refractivity contribution is 5.67. The zero-order valence-corrected chi connectivity index (χ0v) is 9.21. The van der Waals surface area contributed by atoms with E-state index in [0.717, 1.165) is 17.4 Å². The summed E-state index contributed by atoms with van der Waals surface area (Å²) in [5, 5.41) is 4.27. The highest BCUT2D eigenvalue weighted by atomic mass is 19.1. The number of halogens is 1. The lowest BCUT2D eigenvalue weighted by molar-refractivity contribution is -0.107. The van der Waals surface area contributed by atoms with Gasteiger partial charge in [0, 0.05) is 36.1 Å². The lowest BCUT2D eigenvalue weighted by Gasteiger charge is -1.97. The minimum absolute atomic E-state index is 0.201. The van der Waals surface area contributed by atoms with Gasteiger partial charge in [0.1, 0.15) is 13.0 Å². The van der Waals surface area contributed by atoms with Gasteiger partial charge in [-0.15, -0.1) is 0 Å². The van der Waals surface area contributed by atoms with Crippen molar-refractivity contribution in [1.29, 1.82) is 0 Å². The Hall–Kier alpha value is -2.04. The normalized spacial score (nSPS) is 10.4. The van der Waals surface area contributed by atoms with Crippen LogP contribution in [0.2, 0.25) is 0 Å². The Bertz CT molecular complexity index is 496. The van der Waals surface area contributed by atoms with Crippen molar-refractivity contribution in [3.05, 3.63) is 36.3 Å². The lowest BCUT2D eigenvalue weighted by atomic mass is 10.1. The van der Waals surface area contributed by atoms with Crippen LogP contribution in [0.5, 0.6) is 0 Å². The summed E-state index contributed by atoms with van der Waals surface area (Å²) in [6.45, 7) is -0.277. The van der Waals surface area contributed by atoms with Crippen LogP contribution in [0.1, 0.15) is 5.56 Å². The first-order valence-corrected chi connectivity index (χ1v) is 5.31. The van der Waals surface area contributed by atoms with Gasteiger partial charge in [-0.25, -0.2) is 4.39 Å². The molecular formula is C12H12FN3O. The number of hydrogen-bond acceptors (Lipinski definition) is 3. The number of nitrogens with zero attached hydrogens (tertiary/aromatic N) is 3. The predicted molar refractivity (Wildman–Crippen MR) is 61.2 cm³/mol. The molecule has 88 valence electrons. The molecule has 2 aromatic rings. The molecule has 2 heterocycles. The predicted octanol–water partition coefficient (Wildman–Crippen LogP) is 1.66. The van der Waals surface area contributed by atoms with Crippen LogP contribution >= 0.6 is 0 Å². The molecule has 0 aliphatic heterocycles. The average molecular weight is 233 g/mol. The Balaban J connectivity index is 2.40. The molecular weight excluding hydrogens is 221 g/mol. The second kappa shape index (κ2) is 5.34. The molecule has 0 aliphatic rings. The van der Waals surface area contributed by atoms with Crippen molar-refractivity contribution in [2.45, 2.75) is 13.0 Å². The second-order valence-corrected chi connectivity index (χ2v) is 3.57. The Morgan fingerprint density at radius 2 is 2.35 bits per heavy atom. The first kappa shape index (κ1) is 11.4. The van der Waals surface area contributed by atoms with Gasteiger partial charge in [-0.2, -0.15) is 5.10 Å². The van der Waals surface area contributed by atoms with Gasteiger partial charge in [0.05, 0.1) is 12.2 Å². The quantitative estimate of drug-likeness (QED) is 0.738. The van der Waals surface area contributed by atoms with Crippen LogP contribution in [0.4, 0.5) is 4.39 Å². The fraction of sp³-hybridized carbons (Fsp3) is 0.250. The van der Waals surface area contributed by atoms with E-state index in [4.69, 9.17) is 0 Å². The Morgan fingerprint density at radius 1 is 1.47 bits per heavy atom. The number of carbonyl (C=O) groups is 1. The molecule has 2 aromatic heterocycles. The van der Waals surface area contributed by atoms with Gasteiger partial charge in [0.15, 0.2) is 0 Å². The molecule has 0 atom stereocenters. The first-order valence-electron chi connectivity index (χ1n) is 5.31. The Morgan fingerprint density at radius 3 is 3.00 bits per heavy atom. The van der Waals surface area contributed by atoms with Crippen molar-refractivity contribution < 1.29 is 9.18 Å². The topological polar surface area (TPSA) is 47.8 Å². The highest BCUT2D eigenvalue weighted by Crippen LogP contribution is 2.21. The summed E-state index contributed by atoms with van der Waals surface area (Å²) in [6.07, 6.45) is 6.14. The van der Waals surface area contributed by atoms with Crippen LogP contribution in [-0.2, 0) is 17.8 Å². The van der Waals surface area contributed by atoms with Gasteiger partial charge < -0.3 is 4.79 Å². The van der Waals surface area contributed by atoms with Crippen LogP contribution in [0.3, 0.4) is 0 Å². The largest absolute Gasteiger partial charge is 0.303 e. The third-order valence-corrected chi connectivity index (χ3v) is 2.39. The summed E-state index contributed by atoms with van der Waals surface area (Å²) in [5.74, 6) is 0. The summed E-state index contributed by atoms with van der Waals surface area (Å²) in [6, 6.07) is 3.66. The van der Waals surface area contributed by atoms with Gasteiger partial charge in [0.2, 0.25) is 0 Å². The zero-order valence-electron chi connectivity index (χ0n) is 9.21. The smallest absolute Gasteiger partial charge is 0.124 e. The molecule has 0 aromatic carbocycles. The van der Waals surface area contributed by atoms with E-state index < -0.39 is 6.67 Å². The minimum Gasteiger partial charge on any atom is -0.303 e. The maximum Gasteiger partial charge on any atom is 0.124 e. The van der Waals surface area contributed by atoms with E-state index in [1.807, 2.05) is 6.07 Å². The lowest BCUT2D eigenvalue weighted by Crippen LogP contribution is -1.99. The molecule has 0 fully saturated rings. The van der Waals surface area contributed by atoms with Gasteiger partial charge in [-0.1, -0.05) is 0 Å². The fourth-order valence-electron chi connectivity index (χ4n) is 1.65. The monoisotopic (exact) mass is 233 g/mol. The number of pyridine rings is 1. The summed E-state index contributed by atoms with van der Waals surface area (Å²) in [7, 11) is 0. The van der Waals surface area contributed by atoms with Crippen LogP contribution in [0, 0.1) is 0 Å². The van der Waals surface area contributed by atoms with Gasteiger partial charge in [-0.3, -0.25) is 9.67 Å². The molecule has 0 bridgehead atoms. The van der Waals surface area contributed by atoms with Gasteiger partial charge in [0.25, 0.3) is 0 Å². The number of aromatic nitrogens is 3. The number of rotatable bonds is 5. The molecule has 0 spiro atoms. The summed E-state index contributed by atoms with van der Waals surface area (Å²) >= 11 is 0. The third kappa shape index (κ3) is 2.55. The highest BCUT2D eigenvalue weighted by Gasteiger charge is 2.10. The number of aryl methyl sites for hydroxylation is 1. The van der Waals surface area contributed by atoms with Gasteiger partial charge in [-0.05, 0) is 12.1 Å². The molecule has 0 amide bonds. The molecule has 17 heavy (non-hydrogen) atoms. The third-order valence-electron chi connectivity index (χ3n) is 2.39. The van der Waals surface area contributed by atoms with Crippen molar-refractivity contribution in [2.24, 2.45) is 0 Å². The van der Waals surface area contributed by atoms with Crippen LogP contribution in [-0.4, -0.2) is 27.7 Å². The van der Waals surface area contributed by atoms with E-state index in [2.05, 4.69) is 10.1 Å². The fourth-order valence-corrected chi connectivity index (χ4v) is 1.65. The molecule has 0 saturated carbocycles. The van der Waals surface area contributed by atoms with E-state index in [1.165, 1.54) is 4.68 Å².